The van der Waals surface area contributed by atoms with Crippen molar-refractivity contribution >= 4 is 5.97 Å². The van der Waals surface area contributed by atoms with Gasteiger partial charge < -0.3 is 9.84 Å². The van der Waals surface area contributed by atoms with Crippen LogP contribution in [0.1, 0.15) is 39.5 Å². The van der Waals surface area contributed by atoms with Gasteiger partial charge in [0, 0.05) is 13.2 Å². The summed E-state index contributed by atoms with van der Waals surface area (Å²) in [6.07, 6.45) is 4.59. The van der Waals surface area contributed by atoms with E-state index in [1.807, 2.05) is 6.92 Å². The van der Waals surface area contributed by atoms with E-state index in [2.05, 4.69) is 6.92 Å². The quantitative estimate of drug-likeness (QED) is 0.807. The molecular weight excluding hydrogens is 216 g/mol. The van der Waals surface area contributed by atoms with Crippen molar-refractivity contribution in [2.24, 2.45) is 29.6 Å². The molecule has 5 atom stereocenters. The molecule has 1 saturated heterocycles. The fourth-order valence-corrected chi connectivity index (χ4v) is 3.81. The average molecular weight is 240 g/mol. The first-order valence-electron chi connectivity index (χ1n) is 6.91. The van der Waals surface area contributed by atoms with Gasteiger partial charge in [0.05, 0.1) is 5.92 Å². The van der Waals surface area contributed by atoms with E-state index in [-0.39, 0.29) is 5.92 Å². The van der Waals surface area contributed by atoms with E-state index in [0.29, 0.717) is 17.8 Å². The van der Waals surface area contributed by atoms with Crippen LogP contribution in [0.25, 0.3) is 0 Å². The Bertz CT molecular complexity index is 277. The molecule has 3 nitrogen and oxygen atoms in total. The molecule has 1 aliphatic heterocycles. The first-order chi connectivity index (χ1) is 8.11. The summed E-state index contributed by atoms with van der Waals surface area (Å²) in [5.41, 5.74) is 0. The molecule has 0 radical (unpaired) electrons. The molecule has 1 heterocycles. The second-order valence-electron chi connectivity index (χ2n) is 5.89. The van der Waals surface area contributed by atoms with E-state index in [1.165, 1.54) is 12.8 Å². The van der Waals surface area contributed by atoms with Gasteiger partial charge in [0.15, 0.2) is 0 Å². The average Bonchev–Trinajstić information content (AvgIpc) is 2.54. The van der Waals surface area contributed by atoms with Crippen LogP contribution >= 0.6 is 0 Å². The van der Waals surface area contributed by atoms with Crippen LogP contribution in [0.5, 0.6) is 0 Å². The van der Waals surface area contributed by atoms with Crippen LogP contribution in [-0.4, -0.2) is 24.3 Å². The van der Waals surface area contributed by atoms with Crippen LogP contribution in [-0.2, 0) is 9.53 Å². The standard InChI is InChI=1S/C14H24O3/c1-9-5-6-12(10(2)14(15)16)13-8-17-7-3-4-11(9)13/h9-13H,3-8H2,1-2H3,(H,15,16)/t9?,10-,11+,12+,13?/m1/s1. The molecule has 0 aromatic rings. The summed E-state index contributed by atoms with van der Waals surface area (Å²) in [5.74, 6) is 1.32. The van der Waals surface area contributed by atoms with E-state index in [1.54, 1.807) is 0 Å². The highest BCUT2D eigenvalue weighted by molar-refractivity contribution is 5.69. The third kappa shape index (κ3) is 2.65. The van der Waals surface area contributed by atoms with Crippen molar-refractivity contribution in [2.45, 2.75) is 39.5 Å². The first-order valence-corrected chi connectivity index (χ1v) is 6.91. The van der Waals surface area contributed by atoms with Gasteiger partial charge in [-0.25, -0.2) is 0 Å². The van der Waals surface area contributed by atoms with Crippen molar-refractivity contribution in [1.82, 2.24) is 0 Å². The largest absolute Gasteiger partial charge is 0.481 e. The maximum Gasteiger partial charge on any atom is 0.306 e. The molecule has 1 aliphatic carbocycles. The molecule has 0 amide bonds. The van der Waals surface area contributed by atoms with Crippen molar-refractivity contribution in [3.05, 3.63) is 0 Å². The Morgan fingerprint density at radius 3 is 2.76 bits per heavy atom. The van der Waals surface area contributed by atoms with E-state index in [4.69, 9.17) is 4.74 Å². The third-order valence-electron chi connectivity index (χ3n) is 4.95. The molecule has 2 fully saturated rings. The zero-order valence-corrected chi connectivity index (χ0v) is 10.9. The smallest absolute Gasteiger partial charge is 0.306 e. The minimum atomic E-state index is -0.646. The minimum Gasteiger partial charge on any atom is -0.481 e. The lowest BCUT2D eigenvalue weighted by molar-refractivity contribution is -0.145. The predicted molar refractivity (Wildman–Crippen MR) is 65.7 cm³/mol. The lowest BCUT2D eigenvalue weighted by atomic mass is 9.63. The predicted octanol–water partition coefficient (Wildman–Crippen LogP) is 2.80. The summed E-state index contributed by atoms with van der Waals surface area (Å²) in [7, 11) is 0. The zero-order valence-electron chi connectivity index (χ0n) is 10.9. The van der Waals surface area contributed by atoms with Crippen molar-refractivity contribution in [2.75, 3.05) is 13.2 Å². The van der Waals surface area contributed by atoms with Crippen molar-refractivity contribution in [3.8, 4) is 0 Å². The van der Waals surface area contributed by atoms with E-state index in [9.17, 15) is 9.90 Å². The molecule has 2 rings (SSSR count). The maximum atomic E-state index is 11.2. The number of ether oxygens (including phenoxy) is 1. The molecule has 98 valence electrons. The van der Waals surface area contributed by atoms with Gasteiger partial charge in [-0.2, -0.15) is 0 Å². The lowest BCUT2D eigenvalue weighted by Crippen LogP contribution is -2.40. The summed E-state index contributed by atoms with van der Waals surface area (Å²) in [6.45, 7) is 5.82. The van der Waals surface area contributed by atoms with Gasteiger partial charge in [-0.1, -0.05) is 20.3 Å². The summed E-state index contributed by atoms with van der Waals surface area (Å²) in [6, 6.07) is 0. The Balaban J connectivity index is 2.14. The van der Waals surface area contributed by atoms with Crippen LogP contribution in [0.3, 0.4) is 0 Å². The van der Waals surface area contributed by atoms with Crippen LogP contribution in [0.15, 0.2) is 0 Å². The van der Waals surface area contributed by atoms with Gasteiger partial charge >= 0.3 is 5.97 Å². The molecule has 1 N–H and O–H groups in total. The van der Waals surface area contributed by atoms with Gasteiger partial charge in [-0.3, -0.25) is 4.79 Å². The second-order valence-corrected chi connectivity index (χ2v) is 5.89. The highest BCUT2D eigenvalue weighted by Crippen LogP contribution is 2.45. The summed E-state index contributed by atoms with van der Waals surface area (Å²) >= 11 is 0. The van der Waals surface area contributed by atoms with Gasteiger partial charge in [-0.05, 0) is 42.9 Å². The van der Waals surface area contributed by atoms with Gasteiger partial charge in [0.25, 0.3) is 0 Å². The topological polar surface area (TPSA) is 46.5 Å². The first kappa shape index (κ1) is 12.9. The Kier molecular flexibility index (Phi) is 4.08. The fourth-order valence-electron chi connectivity index (χ4n) is 3.81. The van der Waals surface area contributed by atoms with Crippen molar-refractivity contribution in [3.63, 3.8) is 0 Å². The van der Waals surface area contributed by atoms with Gasteiger partial charge in [0.1, 0.15) is 0 Å². The SMILES string of the molecule is CC1CC[C@@H]([C@@H](C)C(=O)O)C2COCCC[C@@H]12. The Morgan fingerprint density at radius 2 is 2.06 bits per heavy atom. The number of rotatable bonds is 2. The molecule has 0 spiro atoms. The van der Waals surface area contributed by atoms with Crippen molar-refractivity contribution < 1.29 is 14.6 Å². The second kappa shape index (κ2) is 5.38. The van der Waals surface area contributed by atoms with Crippen LogP contribution in [0.2, 0.25) is 0 Å². The zero-order chi connectivity index (χ0) is 12.4. The maximum absolute atomic E-state index is 11.2. The number of hydrogen-bond acceptors (Lipinski definition) is 2. The number of carbonyl (C=O) groups is 1. The number of fused-ring (bicyclic) bond motifs is 1. The molecule has 2 aliphatic rings. The Hall–Kier alpha value is -0.570. The van der Waals surface area contributed by atoms with E-state index < -0.39 is 5.97 Å². The van der Waals surface area contributed by atoms with Crippen LogP contribution in [0.4, 0.5) is 0 Å². The fraction of sp³-hybridized carbons (Fsp3) is 0.929. The van der Waals surface area contributed by atoms with Crippen molar-refractivity contribution in [1.29, 1.82) is 0 Å². The molecule has 17 heavy (non-hydrogen) atoms. The molecule has 1 saturated carbocycles. The minimum absolute atomic E-state index is 0.225. The molecule has 2 unspecified atom stereocenters. The van der Waals surface area contributed by atoms with Gasteiger partial charge in [-0.15, -0.1) is 0 Å². The number of hydrogen-bond donors (Lipinski definition) is 1. The number of carboxylic acid groups (broad SMARTS) is 1. The number of carboxylic acids is 1. The summed E-state index contributed by atoms with van der Waals surface area (Å²) < 4.78 is 5.68. The number of aliphatic carboxylic acids is 1. The molecule has 0 bridgehead atoms. The summed E-state index contributed by atoms with van der Waals surface area (Å²) in [5, 5.41) is 9.22. The molecular formula is C14H24O3. The molecule has 0 aromatic heterocycles. The Labute approximate surface area is 104 Å². The van der Waals surface area contributed by atoms with Crippen LogP contribution in [0, 0.1) is 29.6 Å². The lowest BCUT2D eigenvalue weighted by Gasteiger charge is -2.42. The molecule has 0 aromatic carbocycles. The highest BCUT2D eigenvalue weighted by Gasteiger charge is 2.42. The van der Waals surface area contributed by atoms with Crippen LogP contribution < -0.4 is 0 Å². The Morgan fingerprint density at radius 1 is 1.29 bits per heavy atom. The third-order valence-corrected chi connectivity index (χ3v) is 4.95. The normalized spacial score (nSPS) is 40.1. The van der Waals surface area contributed by atoms with Gasteiger partial charge in [0.2, 0.25) is 0 Å². The summed E-state index contributed by atoms with van der Waals surface area (Å²) in [4.78, 5) is 11.2. The van der Waals surface area contributed by atoms with E-state index >= 15 is 0 Å². The monoisotopic (exact) mass is 240 g/mol. The highest BCUT2D eigenvalue weighted by atomic mass is 16.5. The molecule has 3 heteroatoms. The van der Waals surface area contributed by atoms with E-state index in [0.717, 1.165) is 32.0 Å².